The molecule has 0 aliphatic carbocycles. The molecule has 30 heavy (non-hydrogen) atoms. The van der Waals surface area contributed by atoms with Crippen LogP contribution in [0.1, 0.15) is 35.8 Å². The van der Waals surface area contributed by atoms with Crippen LogP contribution in [0.15, 0.2) is 59.8 Å². The number of aromatic carboxylic acids is 1. The van der Waals surface area contributed by atoms with Gasteiger partial charge in [0.1, 0.15) is 5.75 Å². The van der Waals surface area contributed by atoms with Gasteiger partial charge in [-0.15, -0.1) is 0 Å². The highest BCUT2D eigenvalue weighted by Gasteiger charge is 2.37. The van der Waals surface area contributed by atoms with E-state index in [0.29, 0.717) is 22.7 Å². The Balaban J connectivity index is 2.07. The molecule has 2 aromatic rings. The molecule has 3 rings (SSSR count). The zero-order chi connectivity index (χ0) is 21.8. The van der Waals surface area contributed by atoms with Crippen molar-refractivity contribution in [2.45, 2.75) is 19.9 Å². The van der Waals surface area contributed by atoms with E-state index in [1.807, 2.05) is 0 Å². The zero-order valence-corrected chi connectivity index (χ0v) is 16.8. The minimum atomic E-state index is -1.32. The van der Waals surface area contributed by atoms with Crippen LogP contribution < -0.4 is 20.1 Å². The number of amides is 2. The van der Waals surface area contributed by atoms with E-state index in [1.54, 1.807) is 45.2 Å². The Morgan fingerprint density at radius 1 is 1.10 bits per heavy atom. The third-order valence-corrected chi connectivity index (χ3v) is 4.79. The minimum Gasteiger partial charge on any atom is -0.545 e. The molecule has 0 saturated carbocycles. The first kappa shape index (κ1) is 20.9. The molecule has 1 aliphatic rings. The fourth-order valence-corrected chi connectivity index (χ4v) is 3.32. The summed E-state index contributed by atoms with van der Waals surface area (Å²) in [5.41, 5.74) is 1.76. The average molecular weight is 409 g/mol. The van der Waals surface area contributed by atoms with E-state index in [1.165, 1.54) is 29.2 Å². The summed E-state index contributed by atoms with van der Waals surface area (Å²) in [6, 6.07) is 11.5. The van der Waals surface area contributed by atoms with Crippen molar-refractivity contribution in [3.05, 3.63) is 70.9 Å². The van der Waals surface area contributed by atoms with Gasteiger partial charge in [0.15, 0.2) is 0 Å². The summed E-state index contributed by atoms with van der Waals surface area (Å²) in [6.07, 6.45) is 0. The van der Waals surface area contributed by atoms with Crippen LogP contribution in [0.25, 0.3) is 0 Å². The molecule has 0 radical (unpaired) electrons. The zero-order valence-electron chi connectivity index (χ0n) is 16.8. The van der Waals surface area contributed by atoms with Crippen LogP contribution in [0.5, 0.6) is 5.75 Å². The number of ether oxygens (including phenoxy) is 2. The fraction of sp³-hybridized carbons (Fsp3) is 0.227. The number of methoxy groups -OCH3 is 1. The lowest BCUT2D eigenvalue weighted by Crippen LogP contribution is -2.48. The number of hydrogen-bond acceptors (Lipinski definition) is 6. The second-order valence-corrected chi connectivity index (χ2v) is 6.54. The summed E-state index contributed by atoms with van der Waals surface area (Å²) >= 11 is 0. The normalized spacial score (nSPS) is 16.2. The van der Waals surface area contributed by atoms with Crippen molar-refractivity contribution in [1.29, 1.82) is 0 Å². The van der Waals surface area contributed by atoms with Gasteiger partial charge in [-0.25, -0.2) is 9.59 Å². The second kappa shape index (κ2) is 8.69. The highest BCUT2D eigenvalue weighted by Crippen LogP contribution is 2.34. The molecule has 1 atom stereocenters. The first-order valence-corrected chi connectivity index (χ1v) is 9.31. The van der Waals surface area contributed by atoms with Crippen LogP contribution in [0.2, 0.25) is 0 Å². The number of hydrogen-bond donors (Lipinski definition) is 1. The van der Waals surface area contributed by atoms with Gasteiger partial charge >= 0.3 is 12.0 Å². The number of carbonyl (C=O) groups excluding carboxylic acids is 3. The van der Waals surface area contributed by atoms with Crippen molar-refractivity contribution in [2.75, 3.05) is 18.6 Å². The number of rotatable bonds is 6. The van der Waals surface area contributed by atoms with E-state index in [-0.39, 0.29) is 17.7 Å². The molecule has 0 fully saturated rings. The summed E-state index contributed by atoms with van der Waals surface area (Å²) in [5.74, 6) is -1.22. The number of urea groups is 1. The Labute approximate surface area is 173 Å². The van der Waals surface area contributed by atoms with Crippen molar-refractivity contribution >= 4 is 23.7 Å². The SMILES string of the molecule is CCOC(=O)C1=C(C)N(c2ccc(C(=O)[O-])cc2)C(=O)N[C@@H]1c1ccc(OC)cc1. The van der Waals surface area contributed by atoms with Crippen molar-refractivity contribution in [2.24, 2.45) is 0 Å². The third-order valence-electron chi connectivity index (χ3n) is 4.79. The van der Waals surface area contributed by atoms with Crippen molar-refractivity contribution in [1.82, 2.24) is 5.32 Å². The first-order chi connectivity index (χ1) is 14.4. The highest BCUT2D eigenvalue weighted by atomic mass is 16.5. The summed E-state index contributed by atoms with van der Waals surface area (Å²) in [6.45, 7) is 3.53. The van der Waals surface area contributed by atoms with E-state index in [0.717, 1.165) is 0 Å². The summed E-state index contributed by atoms with van der Waals surface area (Å²) < 4.78 is 10.4. The number of carboxylic acids is 1. The van der Waals surface area contributed by atoms with E-state index < -0.39 is 24.0 Å². The smallest absolute Gasteiger partial charge is 0.338 e. The fourth-order valence-electron chi connectivity index (χ4n) is 3.32. The number of nitrogens with one attached hydrogen (secondary N) is 1. The van der Waals surface area contributed by atoms with Crippen LogP contribution in [0, 0.1) is 0 Å². The van der Waals surface area contributed by atoms with Crippen LogP contribution in [-0.2, 0) is 9.53 Å². The Hall–Kier alpha value is -3.81. The lowest BCUT2D eigenvalue weighted by atomic mass is 9.94. The van der Waals surface area contributed by atoms with Gasteiger partial charge < -0.3 is 24.7 Å². The van der Waals surface area contributed by atoms with Crippen LogP contribution in [0.3, 0.4) is 0 Å². The Morgan fingerprint density at radius 3 is 2.27 bits per heavy atom. The number of anilines is 1. The van der Waals surface area contributed by atoms with E-state index in [2.05, 4.69) is 5.32 Å². The second-order valence-electron chi connectivity index (χ2n) is 6.54. The van der Waals surface area contributed by atoms with Gasteiger partial charge in [0.2, 0.25) is 0 Å². The van der Waals surface area contributed by atoms with E-state index in [4.69, 9.17) is 9.47 Å². The molecule has 0 bridgehead atoms. The maximum Gasteiger partial charge on any atom is 0.338 e. The molecule has 2 amide bonds. The number of esters is 1. The van der Waals surface area contributed by atoms with Crippen molar-refractivity contribution in [3.63, 3.8) is 0 Å². The molecule has 0 unspecified atom stereocenters. The van der Waals surface area contributed by atoms with Crippen LogP contribution >= 0.6 is 0 Å². The summed E-state index contributed by atoms with van der Waals surface area (Å²) in [4.78, 5) is 38.0. The number of carbonyl (C=O) groups is 3. The largest absolute Gasteiger partial charge is 0.545 e. The Kier molecular flexibility index (Phi) is 6.06. The molecule has 1 N–H and O–H groups in total. The van der Waals surface area contributed by atoms with E-state index >= 15 is 0 Å². The standard InChI is InChI=1S/C22H22N2O6/c1-4-30-21(27)18-13(2)24(16-9-5-15(6-10-16)20(25)26)22(28)23-19(18)14-7-11-17(29-3)12-8-14/h5-12,19H,4H2,1-3H3,(H,23,28)(H,25,26)/p-1/t19-/m1/s1. The van der Waals surface area contributed by atoms with Crippen molar-refractivity contribution in [3.8, 4) is 5.75 Å². The molecule has 0 aromatic heterocycles. The van der Waals surface area contributed by atoms with Gasteiger partial charge in [-0.1, -0.05) is 24.3 Å². The molecular weight excluding hydrogens is 388 g/mol. The maximum atomic E-state index is 12.9. The quantitative estimate of drug-likeness (QED) is 0.733. The van der Waals surface area contributed by atoms with Gasteiger partial charge in [0.05, 0.1) is 37.0 Å². The van der Waals surface area contributed by atoms with Gasteiger partial charge in [0.25, 0.3) is 0 Å². The number of benzene rings is 2. The highest BCUT2D eigenvalue weighted by molar-refractivity contribution is 6.03. The Bertz CT molecular complexity index is 995. The predicted octanol–water partition coefficient (Wildman–Crippen LogP) is 2.17. The molecular formula is C22H21N2O6-. The average Bonchev–Trinajstić information content (AvgIpc) is 2.74. The van der Waals surface area contributed by atoms with Gasteiger partial charge in [-0.3, -0.25) is 4.90 Å². The molecule has 0 saturated heterocycles. The molecule has 0 spiro atoms. The molecule has 2 aromatic carbocycles. The summed E-state index contributed by atoms with van der Waals surface area (Å²) in [7, 11) is 1.55. The molecule has 8 heteroatoms. The van der Waals surface area contributed by atoms with E-state index in [9.17, 15) is 19.5 Å². The minimum absolute atomic E-state index is 0.0143. The number of allylic oxidation sites excluding steroid dienone is 1. The molecule has 1 aliphatic heterocycles. The van der Waals surface area contributed by atoms with Crippen LogP contribution in [0.4, 0.5) is 10.5 Å². The third kappa shape index (κ3) is 3.98. The Morgan fingerprint density at radius 2 is 1.73 bits per heavy atom. The molecule has 156 valence electrons. The topological polar surface area (TPSA) is 108 Å². The van der Waals surface area contributed by atoms with Gasteiger partial charge in [0, 0.05) is 5.70 Å². The van der Waals surface area contributed by atoms with Crippen LogP contribution in [-0.4, -0.2) is 31.7 Å². The lowest BCUT2D eigenvalue weighted by molar-refractivity contribution is -0.255. The molecule has 1 heterocycles. The van der Waals surface area contributed by atoms with Gasteiger partial charge in [-0.05, 0) is 49.2 Å². The maximum absolute atomic E-state index is 12.9. The number of nitrogens with zero attached hydrogens (tertiary/aromatic N) is 1. The first-order valence-electron chi connectivity index (χ1n) is 9.31. The molecule has 8 nitrogen and oxygen atoms in total. The summed E-state index contributed by atoms with van der Waals surface area (Å²) in [5, 5.41) is 13.8. The lowest BCUT2D eigenvalue weighted by Gasteiger charge is -2.35. The number of carboxylic acid groups (broad SMARTS) is 1. The van der Waals surface area contributed by atoms with Crippen molar-refractivity contribution < 1.29 is 29.0 Å². The monoisotopic (exact) mass is 409 g/mol. The predicted molar refractivity (Wildman–Crippen MR) is 107 cm³/mol. The van der Waals surface area contributed by atoms with Gasteiger partial charge in [-0.2, -0.15) is 0 Å².